The minimum Gasteiger partial charge on any atom is -0.343 e. The average Bonchev–Trinajstić information content (AvgIpc) is 2.08. The fourth-order valence-electron chi connectivity index (χ4n) is 0.856. The minimum atomic E-state index is -0.165. The first-order valence-corrected chi connectivity index (χ1v) is 4.10. The number of amides is 1. The summed E-state index contributed by atoms with van der Waals surface area (Å²) < 4.78 is 0. The Morgan fingerprint density at radius 2 is 2.08 bits per heavy atom. The van der Waals surface area contributed by atoms with E-state index in [0.717, 1.165) is 0 Å². The molecule has 0 aliphatic heterocycles. The number of halogens is 1. The molecule has 0 saturated carbocycles. The van der Waals surface area contributed by atoms with Crippen molar-refractivity contribution >= 4 is 17.5 Å². The molecule has 0 atom stereocenters. The second kappa shape index (κ2) is 3.70. The Bertz CT molecular complexity index is 338. The number of rotatable bonds is 1. The van der Waals surface area contributed by atoms with Gasteiger partial charge in [0, 0.05) is 19.7 Å². The van der Waals surface area contributed by atoms with Gasteiger partial charge >= 0.3 is 0 Å². The molecule has 0 N–H and O–H groups in total. The Balaban J connectivity index is 3.15. The molecule has 0 fully saturated rings. The highest BCUT2D eigenvalue weighted by molar-refractivity contribution is 6.30. The van der Waals surface area contributed by atoms with Crippen molar-refractivity contribution in [2.24, 2.45) is 0 Å². The van der Waals surface area contributed by atoms with E-state index >= 15 is 0 Å². The molecule has 0 unspecified atom stereocenters. The van der Waals surface area contributed by atoms with Crippen molar-refractivity contribution < 1.29 is 4.79 Å². The summed E-state index contributed by atoms with van der Waals surface area (Å²) in [7, 11) is 3.33. The highest BCUT2D eigenvalue weighted by Gasteiger charge is 2.14. The zero-order valence-corrected chi connectivity index (χ0v) is 8.46. The first kappa shape index (κ1) is 9.92. The molecule has 0 aliphatic rings. The van der Waals surface area contributed by atoms with E-state index in [1.807, 2.05) is 0 Å². The Kier molecular flexibility index (Phi) is 2.83. The van der Waals surface area contributed by atoms with Crippen LogP contribution in [-0.2, 0) is 0 Å². The van der Waals surface area contributed by atoms with E-state index < -0.39 is 0 Å². The van der Waals surface area contributed by atoms with Gasteiger partial charge in [0.05, 0.1) is 0 Å². The summed E-state index contributed by atoms with van der Waals surface area (Å²) in [6, 6.07) is 0. The molecule has 1 aromatic rings. The van der Waals surface area contributed by atoms with E-state index in [2.05, 4.69) is 9.97 Å². The lowest BCUT2D eigenvalue weighted by Crippen LogP contribution is -2.24. The van der Waals surface area contributed by atoms with Gasteiger partial charge in [0.1, 0.15) is 17.2 Å². The van der Waals surface area contributed by atoms with E-state index in [1.54, 1.807) is 21.0 Å². The summed E-state index contributed by atoms with van der Waals surface area (Å²) >= 11 is 5.74. The van der Waals surface area contributed by atoms with Gasteiger partial charge in [-0.15, -0.1) is 0 Å². The largest absolute Gasteiger partial charge is 0.343 e. The van der Waals surface area contributed by atoms with Gasteiger partial charge in [0.15, 0.2) is 0 Å². The van der Waals surface area contributed by atoms with Crippen molar-refractivity contribution in [3.05, 3.63) is 22.7 Å². The van der Waals surface area contributed by atoms with Crippen LogP contribution in [0.5, 0.6) is 0 Å². The number of nitrogens with zero attached hydrogens (tertiary/aromatic N) is 3. The van der Waals surface area contributed by atoms with Crippen molar-refractivity contribution in [1.29, 1.82) is 0 Å². The quantitative estimate of drug-likeness (QED) is 0.638. The predicted molar refractivity (Wildman–Crippen MR) is 49.8 cm³/mol. The lowest BCUT2D eigenvalue weighted by Gasteiger charge is -2.10. The van der Waals surface area contributed by atoms with Crippen molar-refractivity contribution in [3.63, 3.8) is 0 Å². The molecule has 0 aliphatic carbocycles. The number of hydrogen-bond donors (Lipinski definition) is 0. The summed E-state index contributed by atoms with van der Waals surface area (Å²) in [6.07, 6.45) is 1.28. The topological polar surface area (TPSA) is 46.1 Å². The normalized spacial score (nSPS) is 9.85. The highest BCUT2D eigenvalue weighted by Crippen LogP contribution is 2.14. The molecule has 0 radical (unpaired) electrons. The molecule has 0 spiro atoms. The maximum absolute atomic E-state index is 11.5. The summed E-state index contributed by atoms with van der Waals surface area (Å²) in [5.41, 5.74) is 0.966. The van der Waals surface area contributed by atoms with Crippen molar-refractivity contribution in [2.75, 3.05) is 14.1 Å². The zero-order chi connectivity index (χ0) is 10.0. The predicted octanol–water partition coefficient (Wildman–Crippen LogP) is 1.14. The standard InChI is InChI=1S/C8H10ClN3O/c1-5-6(8(13)12(2)3)10-4-11-7(5)9/h4H,1-3H3. The van der Waals surface area contributed by atoms with Gasteiger partial charge in [-0.25, -0.2) is 9.97 Å². The lowest BCUT2D eigenvalue weighted by atomic mass is 10.2. The fourth-order valence-corrected chi connectivity index (χ4v) is 0.989. The number of carbonyl (C=O) groups excluding carboxylic acids is 1. The molecule has 0 aromatic carbocycles. The monoisotopic (exact) mass is 199 g/mol. The van der Waals surface area contributed by atoms with Gasteiger partial charge in [-0.1, -0.05) is 11.6 Å². The second-order valence-corrected chi connectivity index (χ2v) is 3.20. The number of hydrogen-bond acceptors (Lipinski definition) is 3. The summed E-state index contributed by atoms with van der Waals surface area (Å²) in [6.45, 7) is 1.72. The van der Waals surface area contributed by atoms with Crippen LogP contribution in [0.3, 0.4) is 0 Å². The Labute approximate surface area is 81.6 Å². The minimum absolute atomic E-state index is 0.165. The first-order valence-electron chi connectivity index (χ1n) is 3.72. The van der Waals surface area contributed by atoms with Crippen LogP contribution in [0.1, 0.15) is 16.1 Å². The molecule has 5 heteroatoms. The average molecular weight is 200 g/mol. The third kappa shape index (κ3) is 1.95. The van der Waals surface area contributed by atoms with Gasteiger partial charge in [-0.05, 0) is 6.92 Å². The van der Waals surface area contributed by atoms with Crippen molar-refractivity contribution in [2.45, 2.75) is 6.92 Å². The third-order valence-corrected chi connectivity index (χ3v) is 2.01. The van der Waals surface area contributed by atoms with Crippen LogP contribution >= 0.6 is 11.6 Å². The van der Waals surface area contributed by atoms with Crippen LogP contribution < -0.4 is 0 Å². The zero-order valence-electron chi connectivity index (χ0n) is 7.71. The van der Waals surface area contributed by atoms with Crippen LogP contribution in [0.25, 0.3) is 0 Å². The Hall–Kier alpha value is -1.16. The van der Waals surface area contributed by atoms with Gasteiger partial charge in [-0.3, -0.25) is 4.79 Å². The molecule has 1 rings (SSSR count). The van der Waals surface area contributed by atoms with Crippen molar-refractivity contribution in [1.82, 2.24) is 14.9 Å². The number of carbonyl (C=O) groups is 1. The lowest BCUT2D eigenvalue weighted by molar-refractivity contribution is 0.0821. The van der Waals surface area contributed by atoms with Crippen LogP contribution in [0.15, 0.2) is 6.33 Å². The first-order chi connectivity index (χ1) is 6.04. The van der Waals surface area contributed by atoms with Crippen LogP contribution in [0.2, 0.25) is 5.15 Å². The molecule has 1 heterocycles. The highest BCUT2D eigenvalue weighted by atomic mass is 35.5. The van der Waals surface area contributed by atoms with E-state index in [-0.39, 0.29) is 5.91 Å². The Morgan fingerprint density at radius 3 is 2.62 bits per heavy atom. The summed E-state index contributed by atoms with van der Waals surface area (Å²) in [4.78, 5) is 20.6. The van der Waals surface area contributed by atoms with E-state index in [0.29, 0.717) is 16.4 Å². The van der Waals surface area contributed by atoms with Crippen LogP contribution in [0, 0.1) is 6.92 Å². The molecular weight excluding hydrogens is 190 g/mol. The van der Waals surface area contributed by atoms with Gasteiger partial charge in [-0.2, -0.15) is 0 Å². The second-order valence-electron chi connectivity index (χ2n) is 2.84. The van der Waals surface area contributed by atoms with Crippen molar-refractivity contribution in [3.8, 4) is 0 Å². The maximum Gasteiger partial charge on any atom is 0.272 e. The Morgan fingerprint density at radius 1 is 1.46 bits per heavy atom. The fraction of sp³-hybridized carbons (Fsp3) is 0.375. The molecule has 0 saturated heterocycles. The molecular formula is C8H10ClN3O. The van der Waals surface area contributed by atoms with E-state index in [9.17, 15) is 4.79 Å². The smallest absolute Gasteiger partial charge is 0.272 e. The molecule has 4 nitrogen and oxygen atoms in total. The van der Waals surface area contributed by atoms with Gasteiger partial charge < -0.3 is 4.90 Å². The molecule has 0 bridgehead atoms. The number of aromatic nitrogens is 2. The van der Waals surface area contributed by atoms with Gasteiger partial charge in [0.2, 0.25) is 0 Å². The van der Waals surface area contributed by atoms with E-state index in [1.165, 1.54) is 11.2 Å². The van der Waals surface area contributed by atoms with Crippen LogP contribution in [0.4, 0.5) is 0 Å². The summed E-state index contributed by atoms with van der Waals surface area (Å²) in [5, 5.41) is 0.320. The third-order valence-electron chi connectivity index (χ3n) is 1.63. The molecule has 13 heavy (non-hydrogen) atoms. The van der Waals surface area contributed by atoms with Crippen LogP contribution in [-0.4, -0.2) is 34.9 Å². The molecule has 70 valence electrons. The SMILES string of the molecule is Cc1c(Cl)ncnc1C(=O)N(C)C. The molecule has 1 amide bonds. The van der Waals surface area contributed by atoms with Gasteiger partial charge in [0.25, 0.3) is 5.91 Å². The summed E-state index contributed by atoms with van der Waals surface area (Å²) in [5.74, 6) is -0.165. The molecule has 1 aromatic heterocycles. The van der Waals surface area contributed by atoms with E-state index in [4.69, 9.17) is 11.6 Å². The maximum atomic E-state index is 11.5.